The van der Waals surface area contributed by atoms with Crippen molar-refractivity contribution in [2.45, 2.75) is 23.7 Å². The zero-order valence-electron chi connectivity index (χ0n) is 16.9. The molecule has 158 valence electrons. The molecule has 0 N–H and O–H groups in total. The van der Waals surface area contributed by atoms with Crippen LogP contribution in [0.5, 0.6) is 5.75 Å². The van der Waals surface area contributed by atoms with Crippen LogP contribution in [0.4, 0.5) is 13.2 Å². The van der Waals surface area contributed by atoms with Crippen LogP contribution in [-0.2, 0) is 11.9 Å². The highest BCUT2D eigenvalue weighted by atomic mass is 32.2. The number of fused-ring (bicyclic) bond motifs is 1. The third-order valence-corrected chi connectivity index (χ3v) is 5.88. The molecule has 1 aromatic heterocycles. The molecule has 4 rings (SSSR count). The third kappa shape index (κ3) is 4.66. The Kier molecular flexibility index (Phi) is 5.87. The quantitative estimate of drug-likeness (QED) is 0.315. The second kappa shape index (κ2) is 8.59. The van der Waals surface area contributed by atoms with E-state index in [0.717, 1.165) is 33.7 Å². The third-order valence-electron chi connectivity index (χ3n) is 4.81. The average molecular weight is 440 g/mol. The van der Waals surface area contributed by atoms with Crippen LogP contribution < -0.4 is 4.74 Å². The highest BCUT2D eigenvalue weighted by molar-refractivity contribution is 7.98. The number of benzene rings is 3. The Morgan fingerprint density at radius 1 is 0.935 bits per heavy atom. The molecule has 0 atom stereocenters. The molecule has 3 aromatic carbocycles. The van der Waals surface area contributed by atoms with Gasteiger partial charge in [0.25, 0.3) is 0 Å². The summed E-state index contributed by atoms with van der Waals surface area (Å²) in [6.45, 7) is 1.77. The van der Waals surface area contributed by atoms with Gasteiger partial charge >= 0.3 is 6.18 Å². The number of hydrogen-bond donors (Lipinski definition) is 0. The molecule has 7 heteroatoms. The SMILES string of the molecule is COc1cc(C(F)(F)F)ccc1-c1nc(C)nc2cc(SCc3ccccc3)ccc12. The van der Waals surface area contributed by atoms with Gasteiger partial charge in [-0.2, -0.15) is 13.2 Å². The average Bonchev–Trinajstić information content (AvgIpc) is 2.76. The number of rotatable bonds is 5. The van der Waals surface area contributed by atoms with Crippen LogP contribution >= 0.6 is 11.8 Å². The summed E-state index contributed by atoms with van der Waals surface area (Å²) in [5.41, 5.74) is 2.25. The number of methoxy groups -OCH3 is 1. The lowest BCUT2D eigenvalue weighted by Crippen LogP contribution is -2.05. The molecule has 4 aromatic rings. The molecule has 0 unspecified atom stereocenters. The molecule has 31 heavy (non-hydrogen) atoms. The molecule has 0 saturated heterocycles. The topological polar surface area (TPSA) is 35.0 Å². The van der Waals surface area contributed by atoms with Crippen LogP contribution in [0.25, 0.3) is 22.2 Å². The minimum atomic E-state index is -4.44. The van der Waals surface area contributed by atoms with Gasteiger partial charge in [-0.15, -0.1) is 11.8 Å². The minimum absolute atomic E-state index is 0.122. The van der Waals surface area contributed by atoms with Crippen molar-refractivity contribution in [3.8, 4) is 17.0 Å². The Morgan fingerprint density at radius 2 is 1.71 bits per heavy atom. The molecular formula is C24H19F3N2OS. The maximum absolute atomic E-state index is 13.1. The second-order valence-corrected chi connectivity index (χ2v) is 8.03. The number of alkyl halides is 3. The maximum Gasteiger partial charge on any atom is 0.416 e. The lowest BCUT2D eigenvalue weighted by molar-refractivity contribution is -0.137. The predicted octanol–water partition coefficient (Wildman–Crippen LogP) is 6.92. The molecule has 0 spiro atoms. The lowest BCUT2D eigenvalue weighted by atomic mass is 10.0. The van der Waals surface area contributed by atoms with Crippen molar-refractivity contribution in [1.82, 2.24) is 9.97 Å². The summed E-state index contributed by atoms with van der Waals surface area (Å²) < 4.78 is 44.6. The fraction of sp³-hybridized carbons (Fsp3) is 0.167. The van der Waals surface area contributed by atoms with Crippen LogP contribution in [0.15, 0.2) is 71.6 Å². The number of hydrogen-bond acceptors (Lipinski definition) is 4. The molecule has 1 heterocycles. The van der Waals surface area contributed by atoms with Gasteiger partial charge in [-0.1, -0.05) is 30.3 Å². The van der Waals surface area contributed by atoms with E-state index in [9.17, 15) is 13.2 Å². The van der Waals surface area contributed by atoms with Crippen molar-refractivity contribution in [3.05, 3.63) is 83.7 Å². The molecular weight excluding hydrogens is 421 g/mol. The molecule has 3 nitrogen and oxygen atoms in total. The number of ether oxygens (including phenoxy) is 1. The van der Waals surface area contributed by atoms with Gasteiger partial charge in [-0.3, -0.25) is 0 Å². The molecule has 0 aliphatic carbocycles. The monoisotopic (exact) mass is 440 g/mol. The molecule has 0 fully saturated rings. The first-order valence-electron chi connectivity index (χ1n) is 9.56. The molecule has 0 aliphatic rings. The lowest BCUT2D eigenvalue weighted by Gasteiger charge is -2.14. The van der Waals surface area contributed by atoms with Gasteiger partial charge in [0.15, 0.2) is 0 Å². The number of thioether (sulfide) groups is 1. The van der Waals surface area contributed by atoms with Crippen LogP contribution in [0.2, 0.25) is 0 Å². The van der Waals surface area contributed by atoms with Crippen molar-refractivity contribution in [2.75, 3.05) is 7.11 Å². The van der Waals surface area contributed by atoms with Crippen molar-refractivity contribution in [2.24, 2.45) is 0 Å². The smallest absolute Gasteiger partial charge is 0.416 e. The van der Waals surface area contributed by atoms with Crippen LogP contribution in [0, 0.1) is 6.92 Å². The van der Waals surface area contributed by atoms with Gasteiger partial charge in [-0.05, 0) is 48.9 Å². The maximum atomic E-state index is 13.1. The molecule has 0 saturated carbocycles. The fourth-order valence-electron chi connectivity index (χ4n) is 3.32. The van der Waals surface area contributed by atoms with E-state index in [1.807, 2.05) is 36.4 Å². The first-order valence-corrected chi connectivity index (χ1v) is 10.5. The van der Waals surface area contributed by atoms with Crippen LogP contribution in [0.3, 0.4) is 0 Å². The summed E-state index contributed by atoms with van der Waals surface area (Å²) in [6, 6.07) is 19.5. The van der Waals surface area contributed by atoms with Crippen molar-refractivity contribution >= 4 is 22.7 Å². The van der Waals surface area contributed by atoms with Crippen molar-refractivity contribution < 1.29 is 17.9 Å². The zero-order chi connectivity index (χ0) is 22.0. The van der Waals surface area contributed by atoms with Gasteiger partial charge in [0, 0.05) is 21.6 Å². The van der Waals surface area contributed by atoms with Gasteiger partial charge in [0.1, 0.15) is 11.6 Å². The Hall–Kier alpha value is -3.06. The summed E-state index contributed by atoms with van der Waals surface area (Å²) in [4.78, 5) is 10.1. The summed E-state index contributed by atoms with van der Waals surface area (Å²) >= 11 is 1.70. The van der Waals surface area contributed by atoms with Gasteiger partial charge in [-0.25, -0.2) is 9.97 Å². The van der Waals surface area contributed by atoms with Gasteiger partial charge in [0.05, 0.1) is 23.9 Å². The van der Waals surface area contributed by atoms with Crippen molar-refractivity contribution in [3.63, 3.8) is 0 Å². The number of halogens is 3. The van der Waals surface area contributed by atoms with E-state index >= 15 is 0 Å². The van der Waals surface area contributed by atoms with Crippen LogP contribution in [0.1, 0.15) is 17.0 Å². The van der Waals surface area contributed by atoms with Crippen LogP contribution in [-0.4, -0.2) is 17.1 Å². The highest BCUT2D eigenvalue weighted by Gasteiger charge is 2.31. The van der Waals surface area contributed by atoms with E-state index in [1.165, 1.54) is 18.7 Å². The number of aryl methyl sites for hydroxylation is 1. The van der Waals surface area contributed by atoms with E-state index in [-0.39, 0.29) is 5.75 Å². The van der Waals surface area contributed by atoms with E-state index in [2.05, 4.69) is 22.1 Å². The standard InChI is InChI=1S/C24H19F3N2OS/c1-15-28-21-13-18(31-14-16-6-4-3-5-7-16)9-11-19(21)23(29-15)20-10-8-17(24(25,26)27)12-22(20)30-2/h3-13H,14H2,1-2H3. The summed E-state index contributed by atoms with van der Waals surface area (Å²) in [6.07, 6.45) is -4.44. The molecule has 0 aliphatic heterocycles. The Labute approximate surface area is 182 Å². The van der Waals surface area contributed by atoms with Gasteiger partial charge < -0.3 is 4.74 Å². The zero-order valence-corrected chi connectivity index (χ0v) is 17.7. The molecule has 0 radical (unpaired) electrons. The molecule has 0 amide bonds. The van der Waals surface area contributed by atoms with Crippen molar-refractivity contribution in [1.29, 1.82) is 0 Å². The minimum Gasteiger partial charge on any atom is -0.496 e. The highest BCUT2D eigenvalue weighted by Crippen LogP contribution is 2.39. The summed E-state index contributed by atoms with van der Waals surface area (Å²) in [5.74, 6) is 1.49. The van der Waals surface area contributed by atoms with E-state index in [0.29, 0.717) is 17.1 Å². The van der Waals surface area contributed by atoms with E-state index in [1.54, 1.807) is 18.7 Å². The largest absolute Gasteiger partial charge is 0.496 e. The fourth-order valence-corrected chi connectivity index (χ4v) is 4.21. The predicted molar refractivity (Wildman–Crippen MR) is 117 cm³/mol. The van der Waals surface area contributed by atoms with Gasteiger partial charge in [0.2, 0.25) is 0 Å². The first-order chi connectivity index (χ1) is 14.8. The molecule has 0 bridgehead atoms. The van der Waals surface area contributed by atoms with E-state index in [4.69, 9.17) is 4.74 Å². The second-order valence-electron chi connectivity index (χ2n) is 6.99. The summed E-state index contributed by atoms with van der Waals surface area (Å²) in [5, 5.41) is 0.757. The normalized spacial score (nSPS) is 11.6. The number of aromatic nitrogens is 2. The Bertz CT molecular complexity index is 1230. The first kappa shape index (κ1) is 21.2. The number of nitrogens with zero attached hydrogens (tertiary/aromatic N) is 2. The summed E-state index contributed by atoms with van der Waals surface area (Å²) in [7, 11) is 1.35. The Balaban J connectivity index is 1.74. The Morgan fingerprint density at radius 3 is 2.42 bits per heavy atom. The van der Waals surface area contributed by atoms with E-state index < -0.39 is 11.7 Å².